The zero-order chi connectivity index (χ0) is 10.8. The number of nitrogens with zero attached hydrogens (tertiary/aromatic N) is 2. The van der Waals surface area contributed by atoms with Crippen LogP contribution in [-0.4, -0.2) is 29.2 Å². The van der Waals surface area contributed by atoms with Gasteiger partial charge in [0.1, 0.15) is 5.00 Å². The summed E-state index contributed by atoms with van der Waals surface area (Å²) in [5, 5.41) is 11.4. The molecule has 0 radical (unpaired) electrons. The molecule has 1 N–H and O–H groups in total. The van der Waals surface area contributed by atoms with E-state index in [-0.39, 0.29) is 12.6 Å². The Morgan fingerprint density at radius 3 is 2.93 bits per heavy atom. The molecule has 15 heavy (non-hydrogen) atoms. The molecule has 0 fully saturated rings. The Morgan fingerprint density at radius 1 is 1.47 bits per heavy atom. The molecule has 3 nitrogen and oxygen atoms in total. The predicted molar refractivity (Wildman–Crippen MR) is 64.6 cm³/mol. The molecule has 1 unspecified atom stereocenters. The van der Waals surface area contributed by atoms with Crippen LogP contribution < -0.4 is 4.90 Å². The largest absolute Gasteiger partial charge is 0.394 e. The minimum atomic E-state index is 0.119. The van der Waals surface area contributed by atoms with Crippen molar-refractivity contribution in [1.29, 1.82) is 0 Å². The molecule has 0 aliphatic heterocycles. The summed E-state index contributed by atoms with van der Waals surface area (Å²) in [6.45, 7) is 2.15. The van der Waals surface area contributed by atoms with Crippen molar-refractivity contribution < 1.29 is 5.11 Å². The topological polar surface area (TPSA) is 36.4 Å². The summed E-state index contributed by atoms with van der Waals surface area (Å²) < 4.78 is 4.37. The Morgan fingerprint density at radius 2 is 2.20 bits per heavy atom. The molecular formula is C11H14N2OS. The maximum absolute atomic E-state index is 9.12. The van der Waals surface area contributed by atoms with Gasteiger partial charge in [0, 0.05) is 18.5 Å². The van der Waals surface area contributed by atoms with E-state index < -0.39 is 0 Å². The van der Waals surface area contributed by atoms with Crippen LogP contribution in [0.1, 0.15) is 6.92 Å². The first-order valence-corrected chi connectivity index (χ1v) is 5.69. The van der Waals surface area contributed by atoms with E-state index in [1.165, 1.54) is 11.5 Å². The zero-order valence-corrected chi connectivity index (χ0v) is 9.66. The summed E-state index contributed by atoms with van der Waals surface area (Å²) >= 11 is 1.48. The average molecular weight is 222 g/mol. The van der Waals surface area contributed by atoms with Crippen LogP contribution in [-0.2, 0) is 0 Å². The van der Waals surface area contributed by atoms with Crippen molar-refractivity contribution in [2.24, 2.45) is 0 Å². The van der Waals surface area contributed by atoms with E-state index in [2.05, 4.69) is 15.3 Å². The van der Waals surface area contributed by atoms with E-state index in [1.807, 2.05) is 32.2 Å². The highest BCUT2D eigenvalue weighted by Crippen LogP contribution is 2.31. The number of benzene rings is 1. The molecule has 0 saturated heterocycles. The molecule has 2 aromatic rings. The molecule has 1 aromatic carbocycles. The zero-order valence-electron chi connectivity index (χ0n) is 8.84. The molecule has 1 aromatic heterocycles. The molecule has 4 heteroatoms. The van der Waals surface area contributed by atoms with Gasteiger partial charge in [-0.05, 0) is 30.6 Å². The van der Waals surface area contributed by atoms with Gasteiger partial charge >= 0.3 is 0 Å². The minimum absolute atomic E-state index is 0.119. The smallest absolute Gasteiger partial charge is 0.120 e. The first-order valence-electron chi connectivity index (χ1n) is 4.92. The van der Waals surface area contributed by atoms with Gasteiger partial charge in [0.25, 0.3) is 0 Å². The molecule has 80 valence electrons. The number of likely N-dealkylation sites (N-methyl/N-ethyl adjacent to an activating group) is 1. The Balaban J connectivity index is 2.43. The monoisotopic (exact) mass is 222 g/mol. The molecule has 0 amide bonds. The Labute approximate surface area is 93.1 Å². The number of hydrogen-bond donors (Lipinski definition) is 1. The van der Waals surface area contributed by atoms with Gasteiger partial charge in [0.2, 0.25) is 0 Å². The van der Waals surface area contributed by atoms with Crippen molar-refractivity contribution in [1.82, 2.24) is 4.37 Å². The summed E-state index contributed by atoms with van der Waals surface area (Å²) in [5.41, 5.74) is 1.02. The third-order valence-corrected chi connectivity index (χ3v) is 3.58. The van der Waals surface area contributed by atoms with Gasteiger partial charge < -0.3 is 10.0 Å². The maximum Gasteiger partial charge on any atom is 0.120 e. The van der Waals surface area contributed by atoms with Crippen molar-refractivity contribution in [3.63, 3.8) is 0 Å². The number of aliphatic hydroxyl groups is 1. The van der Waals surface area contributed by atoms with Crippen molar-refractivity contribution in [2.75, 3.05) is 18.6 Å². The van der Waals surface area contributed by atoms with Crippen molar-refractivity contribution in [3.05, 3.63) is 24.3 Å². The third kappa shape index (κ3) is 1.82. The summed E-state index contributed by atoms with van der Waals surface area (Å²) in [5.74, 6) is 0. The van der Waals surface area contributed by atoms with Gasteiger partial charge in [0.15, 0.2) is 0 Å². The third-order valence-electron chi connectivity index (χ3n) is 2.61. The number of aliphatic hydroxyl groups excluding tert-OH is 1. The molecule has 0 spiro atoms. The number of rotatable bonds is 3. The van der Waals surface area contributed by atoms with Gasteiger partial charge in [-0.15, -0.1) is 0 Å². The Hall–Kier alpha value is -1.13. The van der Waals surface area contributed by atoms with Crippen LogP contribution in [0.5, 0.6) is 0 Å². The van der Waals surface area contributed by atoms with E-state index in [4.69, 9.17) is 5.11 Å². The SMILES string of the molecule is CC(CO)N(C)c1snc2ccccc12. The number of aromatic nitrogens is 1. The first-order chi connectivity index (χ1) is 7.24. The molecule has 0 aliphatic carbocycles. The predicted octanol–water partition coefficient (Wildman–Crippen LogP) is 2.11. The van der Waals surface area contributed by atoms with Crippen molar-refractivity contribution >= 4 is 27.4 Å². The summed E-state index contributed by atoms with van der Waals surface area (Å²) in [6.07, 6.45) is 0. The fourth-order valence-corrected chi connectivity index (χ4v) is 2.38. The van der Waals surface area contributed by atoms with E-state index in [1.54, 1.807) is 0 Å². The Bertz CT molecular complexity index is 455. The number of anilines is 1. The molecular weight excluding hydrogens is 208 g/mol. The van der Waals surface area contributed by atoms with Gasteiger partial charge in [-0.2, -0.15) is 4.37 Å². The summed E-state index contributed by atoms with van der Waals surface area (Å²) in [4.78, 5) is 2.07. The standard InChI is InChI=1S/C11H14N2OS/c1-8(7-14)13(2)11-9-5-3-4-6-10(9)12-15-11/h3-6,8,14H,7H2,1-2H3. The van der Waals surface area contributed by atoms with E-state index >= 15 is 0 Å². The molecule has 1 atom stereocenters. The molecule has 2 rings (SSSR count). The summed E-state index contributed by atoms with van der Waals surface area (Å²) in [6, 6.07) is 8.19. The minimum Gasteiger partial charge on any atom is -0.394 e. The fraction of sp³-hybridized carbons (Fsp3) is 0.364. The van der Waals surface area contributed by atoms with Gasteiger partial charge in [0.05, 0.1) is 12.1 Å². The maximum atomic E-state index is 9.12. The second kappa shape index (κ2) is 4.16. The highest BCUT2D eigenvalue weighted by molar-refractivity contribution is 7.11. The molecule has 1 heterocycles. The van der Waals surface area contributed by atoms with Crippen LogP contribution in [0.4, 0.5) is 5.00 Å². The van der Waals surface area contributed by atoms with Crippen LogP contribution in [0.3, 0.4) is 0 Å². The number of fused-ring (bicyclic) bond motifs is 1. The highest BCUT2D eigenvalue weighted by Gasteiger charge is 2.14. The van der Waals surface area contributed by atoms with Crippen LogP contribution in [0.15, 0.2) is 24.3 Å². The van der Waals surface area contributed by atoms with Crippen LogP contribution in [0, 0.1) is 0 Å². The molecule has 0 bridgehead atoms. The lowest BCUT2D eigenvalue weighted by Gasteiger charge is -2.23. The quantitative estimate of drug-likeness (QED) is 0.864. The highest BCUT2D eigenvalue weighted by atomic mass is 32.1. The average Bonchev–Trinajstić information content (AvgIpc) is 2.70. The normalized spacial score (nSPS) is 13.0. The fourth-order valence-electron chi connectivity index (χ4n) is 1.45. The van der Waals surface area contributed by atoms with Gasteiger partial charge in [-0.25, -0.2) is 0 Å². The number of hydrogen-bond acceptors (Lipinski definition) is 4. The summed E-state index contributed by atoms with van der Waals surface area (Å²) in [7, 11) is 1.99. The Kier molecular flexibility index (Phi) is 2.88. The lowest BCUT2D eigenvalue weighted by Crippen LogP contribution is -2.31. The van der Waals surface area contributed by atoms with Crippen LogP contribution in [0.25, 0.3) is 10.9 Å². The van der Waals surface area contributed by atoms with E-state index in [0.29, 0.717) is 0 Å². The van der Waals surface area contributed by atoms with Crippen LogP contribution >= 0.6 is 11.5 Å². The second-order valence-corrected chi connectivity index (χ2v) is 4.40. The molecule has 0 aliphatic rings. The van der Waals surface area contributed by atoms with Crippen LogP contribution in [0.2, 0.25) is 0 Å². The lowest BCUT2D eigenvalue weighted by molar-refractivity contribution is 0.270. The van der Waals surface area contributed by atoms with Crippen molar-refractivity contribution in [2.45, 2.75) is 13.0 Å². The molecule has 0 saturated carbocycles. The van der Waals surface area contributed by atoms with E-state index in [9.17, 15) is 0 Å². The lowest BCUT2D eigenvalue weighted by atomic mass is 10.2. The van der Waals surface area contributed by atoms with Gasteiger partial charge in [-0.3, -0.25) is 0 Å². The van der Waals surface area contributed by atoms with Gasteiger partial charge in [-0.1, -0.05) is 12.1 Å². The first kappa shape index (κ1) is 10.4. The van der Waals surface area contributed by atoms with Crippen molar-refractivity contribution in [3.8, 4) is 0 Å². The second-order valence-electron chi connectivity index (χ2n) is 3.65. The van der Waals surface area contributed by atoms with E-state index in [0.717, 1.165) is 15.9 Å².